The molecule has 2 aliphatic heterocycles. The molecule has 1 atom stereocenters. The van der Waals surface area contributed by atoms with Crippen LogP contribution in [0.5, 0.6) is 0 Å². The lowest BCUT2D eigenvalue weighted by Gasteiger charge is -2.38. The zero-order chi connectivity index (χ0) is 16.3. The molecule has 24 heavy (non-hydrogen) atoms. The van der Waals surface area contributed by atoms with Crippen molar-refractivity contribution in [1.82, 2.24) is 9.47 Å². The molecule has 0 bridgehead atoms. The van der Waals surface area contributed by atoms with Crippen molar-refractivity contribution in [3.8, 4) is 0 Å². The Bertz CT molecular complexity index is 968. The Morgan fingerprint density at radius 1 is 1.12 bits per heavy atom. The largest absolute Gasteiger partial charge is 0.459 e. The zero-order valence-corrected chi connectivity index (χ0v) is 13.1. The third-order valence-corrected chi connectivity index (χ3v) is 5.19. The minimum atomic E-state index is -0.0956. The zero-order valence-electron chi connectivity index (χ0n) is 13.1. The average molecular weight is 320 g/mol. The number of amides is 1. The molecule has 2 aliphatic rings. The van der Waals surface area contributed by atoms with Crippen LogP contribution in [0.15, 0.2) is 47.1 Å². The number of carbonyl (C=O) groups is 2. The number of para-hydroxylation sites is 1. The first-order valence-electron chi connectivity index (χ1n) is 8.25. The topological polar surface area (TPSA) is 55.5 Å². The van der Waals surface area contributed by atoms with E-state index in [0.717, 1.165) is 23.0 Å². The molecular formula is C19H16N2O3. The summed E-state index contributed by atoms with van der Waals surface area (Å²) in [5.41, 5.74) is 3.18. The fraction of sp³-hybridized carbons (Fsp3) is 0.263. The summed E-state index contributed by atoms with van der Waals surface area (Å²) in [7, 11) is 0. The van der Waals surface area contributed by atoms with E-state index in [2.05, 4.69) is 6.07 Å². The van der Waals surface area contributed by atoms with Gasteiger partial charge in [-0.3, -0.25) is 14.2 Å². The van der Waals surface area contributed by atoms with Gasteiger partial charge in [-0.25, -0.2) is 0 Å². The summed E-state index contributed by atoms with van der Waals surface area (Å²) in [5, 5.41) is 1.14. The Morgan fingerprint density at radius 3 is 2.83 bits per heavy atom. The number of benzene rings is 1. The smallest absolute Gasteiger partial charge is 0.290 e. The van der Waals surface area contributed by atoms with Crippen LogP contribution >= 0.6 is 0 Å². The van der Waals surface area contributed by atoms with E-state index in [1.807, 2.05) is 27.7 Å². The maximum atomic E-state index is 12.8. The lowest BCUT2D eigenvalue weighted by molar-refractivity contribution is 0.0565. The van der Waals surface area contributed by atoms with Crippen LogP contribution in [0.2, 0.25) is 0 Å². The maximum absolute atomic E-state index is 12.8. The number of nitrogens with zero attached hydrogens (tertiary/aromatic N) is 2. The van der Waals surface area contributed by atoms with Crippen molar-refractivity contribution in [2.45, 2.75) is 25.3 Å². The fourth-order valence-electron chi connectivity index (χ4n) is 4.19. The van der Waals surface area contributed by atoms with Gasteiger partial charge in [0.2, 0.25) is 5.91 Å². The first-order valence-corrected chi connectivity index (χ1v) is 8.25. The predicted octanol–water partition coefficient (Wildman–Crippen LogP) is 3.41. The van der Waals surface area contributed by atoms with Crippen LogP contribution < -0.4 is 0 Å². The highest BCUT2D eigenvalue weighted by molar-refractivity contribution is 5.98. The first kappa shape index (κ1) is 13.6. The second kappa shape index (κ2) is 4.84. The summed E-state index contributed by atoms with van der Waals surface area (Å²) in [6.45, 7) is 0.652. The molecule has 0 saturated heterocycles. The summed E-state index contributed by atoms with van der Waals surface area (Å²) in [4.78, 5) is 27.2. The molecule has 0 saturated carbocycles. The molecule has 0 spiro atoms. The third-order valence-electron chi connectivity index (χ3n) is 5.19. The van der Waals surface area contributed by atoms with Crippen LogP contribution in [0.4, 0.5) is 0 Å². The number of fused-ring (bicyclic) bond motifs is 3. The quantitative estimate of drug-likeness (QED) is 0.690. The van der Waals surface area contributed by atoms with E-state index < -0.39 is 0 Å². The van der Waals surface area contributed by atoms with Crippen molar-refractivity contribution in [3.63, 3.8) is 0 Å². The van der Waals surface area contributed by atoms with Crippen LogP contribution in [0.1, 0.15) is 45.5 Å². The molecule has 0 N–H and O–H groups in total. The molecular weight excluding hydrogens is 304 g/mol. The molecule has 1 unspecified atom stereocenters. The predicted molar refractivity (Wildman–Crippen MR) is 88.0 cm³/mol. The Morgan fingerprint density at radius 2 is 2.00 bits per heavy atom. The second-order valence-corrected chi connectivity index (χ2v) is 6.39. The number of carbonyl (C=O) groups excluding carboxylic acids is 2. The van der Waals surface area contributed by atoms with Gasteiger partial charge in [0, 0.05) is 18.4 Å². The van der Waals surface area contributed by atoms with Crippen LogP contribution in [-0.4, -0.2) is 27.8 Å². The van der Waals surface area contributed by atoms with E-state index in [0.29, 0.717) is 25.1 Å². The SMILES string of the molecule is O=C(c1ccco1)N1CCc2c3n(c4ccccc24)C(=O)CCC31. The summed E-state index contributed by atoms with van der Waals surface area (Å²) >= 11 is 0. The molecule has 0 fully saturated rings. The van der Waals surface area contributed by atoms with Crippen LogP contribution in [0, 0.1) is 0 Å². The van der Waals surface area contributed by atoms with E-state index in [9.17, 15) is 9.59 Å². The van der Waals surface area contributed by atoms with Gasteiger partial charge in [-0.05, 0) is 36.6 Å². The minimum absolute atomic E-state index is 0.0588. The third kappa shape index (κ3) is 1.69. The Balaban J connectivity index is 1.69. The summed E-state index contributed by atoms with van der Waals surface area (Å²) in [6.07, 6.45) is 3.41. The normalized spacial score (nSPS) is 19.6. The van der Waals surface area contributed by atoms with Gasteiger partial charge in [-0.1, -0.05) is 18.2 Å². The van der Waals surface area contributed by atoms with Crippen molar-refractivity contribution in [3.05, 3.63) is 59.7 Å². The number of hydrogen-bond donors (Lipinski definition) is 0. The summed E-state index contributed by atoms with van der Waals surface area (Å²) in [6, 6.07) is 11.4. The lowest BCUT2D eigenvalue weighted by Crippen LogP contribution is -2.43. The van der Waals surface area contributed by atoms with E-state index in [4.69, 9.17) is 4.42 Å². The molecule has 2 aromatic heterocycles. The second-order valence-electron chi connectivity index (χ2n) is 6.39. The summed E-state index contributed by atoms with van der Waals surface area (Å²) < 4.78 is 7.13. The molecule has 4 heterocycles. The Kier molecular flexibility index (Phi) is 2.74. The van der Waals surface area contributed by atoms with Gasteiger partial charge in [0.1, 0.15) is 0 Å². The molecule has 0 radical (unpaired) electrons. The van der Waals surface area contributed by atoms with Crippen LogP contribution in [0.3, 0.4) is 0 Å². The maximum Gasteiger partial charge on any atom is 0.290 e. The Labute approximate surface area is 138 Å². The number of aromatic nitrogens is 1. The fourth-order valence-corrected chi connectivity index (χ4v) is 4.19. The standard InChI is InChI=1S/C19H16N2O3/c22-17-8-7-15-18-13(12-4-1-2-5-14(12)21(17)18)9-10-20(15)19(23)16-6-3-11-24-16/h1-6,11,15H,7-10H2. The molecule has 120 valence electrons. The molecule has 1 aromatic carbocycles. The van der Waals surface area contributed by atoms with Crippen molar-refractivity contribution in [2.24, 2.45) is 0 Å². The van der Waals surface area contributed by atoms with Gasteiger partial charge in [0.25, 0.3) is 5.91 Å². The van der Waals surface area contributed by atoms with Gasteiger partial charge < -0.3 is 9.32 Å². The van der Waals surface area contributed by atoms with Gasteiger partial charge in [0.15, 0.2) is 5.76 Å². The van der Waals surface area contributed by atoms with Crippen molar-refractivity contribution >= 4 is 22.7 Å². The molecule has 3 aromatic rings. The summed E-state index contributed by atoms with van der Waals surface area (Å²) in [5.74, 6) is 0.385. The highest BCUT2D eigenvalue weighted by atomic mass is 16.3. The number of hydrogen-bond acceptors (Lipinski definition) is 3. The van der Waals surface area contributed by atoms with Gasteiger partial charge in [-0.15, -0.1) is 0 Å². The highest BCUT2D eigenvalue weighted by Crippen LogP contribution is 2.42. The Hall–Kier alpha value is -2.82. The monoisotopic (exact) mass is 320 g/mol. The highest BCUT2D eigenvalue weighted by Gasteiger charge is 2.40. The number of rotatable bonds is 1. The van der Waals surface area contributed by atoms with E-state index in [1.165, 1.54) is 11.8 Å². The van der Waals surface area contributed by atoms with E-state index >= 15 is 0 Å². The molecule has 5 rings (SSSR count). The van der Waals surface area contributed by atoms with Crippen LogP contribution in [0.25, 0.3) is 10.9 Å². The van der Waals surface area contributed by atoms with Crippen molar-refractivity contribution < 1.29 is 14.0 Å². The van der Waals surface area contributed by atoms with Gasteiger partial charge in [0.05, 0.1) is 23.5 Å². The van der Waals surface area contributed by atoms with Crippen LogP contribution in [-0.2, 0) is 6.42 Å². The van der Waals surface area contributed by atoms with Crippen molar-refractivity contribution in [2.75, 3.05) is 6.54 Å². The molecule has 0 aliphatic carbocycles. The average Bonchev–Trinajstić information content (AvgIpc) is 3.25. The minimum Gasteiger partial charge on any atom is -0.459 e. The number of furan rings is 1. The lowest BCUT2D eigenvalue weighted by atomic mass is 9.92. The van der Waals surface area contributed by atoms with Gasteiger partial charge >= 0.3 is 0 Å². The van der Waals surface area contributed by atoms with Gasteiger partial charge in [-0.2, -0.15) is 0 Å². The van der Waals surface area contributed by atoms with E-state index in [-0.39, 0.29) is 17.9 Å². The van der Waals surface area contributed by atoms with Crippen molar-refractivity contribution in [1.29, 1.82) is 0 Å². The molecule has 5 nitrogen and oxygen atoms in total. The molecule has 5 heteroatoms. The van der Waals surface area contributed by atoms with E-state index in [1.54, 1.807) is 12.1 Å². The first-order chi connectivity index (χ1) is 11.8. The molecule has 1 amide bonds.